The van der Waals surface area contributed by atoms with Gasteiger partial charge in [0.2, 0.25) is 0 Å². The Bertz CT molecular complexity index is 639. The molecule has 3 unspecified atom stereocenters. The standard InChI is InChI=1S/C16H17NO5/c1-2-21-22-16(20)14-10-6-3-5-9(10)13-11(15(18)19)7-4-8-12(13)17-14/h3-5,7-10,14,17H,2,6H2,1H3,(H,18,19). The lowest BCUT2D eigenvalue weighted by atomic mass is 9.77. The molecule has 0 spiro atoms. The zero-order chi connectivity index (χ0) is 15.7. The van der Waals surface area contributed by atoms with Gasteiger partial charge in [0.05, 0.1) is 12.2 Å². The fraction of sp³-hybridized carbons (Fsp3) is 0.375. The average molecular weight is 303 g/mol. The maximum atomic E-state index is 12.2. The number of aromatic carboxylic acids is 1. The van der Waals surface area contributed by atoms with Crippen molar-refractivity contribution in [3.05, 3.63) is 41.5 Å². The van der Waals surface area contributed by atoms with Gasteiger partial charge in [0, 0.05) is 17.5 Å². The molecule has 0 amide bonds. The molecule has 0 saturated carbocycles. The van der Waals surface area contributed by atoms with E-state index in [0.29, 0.717) is 12.1 Å². The lowest BCUT2D eigenvalue weighted by Crippen LogP contribution is -2.43. The van der Waals surface area contributed by atoms with E-state index >= 15 is 0 Å². The smallest absolute Gasteiger partial charge is 0.364 e. The molecule has 6 nitrogen and oxygen atoms in total. The molecule has 1 heterocycles. The Morgan fingerprint density at radius 1 is 1.41 bits per heavy atom. The summed E-state index contributed by atoms with van der Waals surface area (Å²) in [6.07, 6.45) is 4.64. The zero-order valence-electron chi connectivity index (χ0n) is 12.1. The van der Waals surface area contributed by atoms with Gasteiger partial charge in [-0.2, -0.15) is 4.89 Å². The van der Waals surface area contributed by atoms with Crippen molar-refractivity contribution in [2.24, 2.45) is 5.92 Å². The van der Waals surface area contributed by atoms with Gasteiger partial charge in [0.25, 0.3) is 0 Å². The van der Waals surface area contributed by atoms with Crippen LogP contribution in [0.15, 0.2) is 30.4 Å². The first-order valence-corrected chi connectivity index (χ1v) is 7.26. The Labute approximate surface area is 127 Å². The molecule has 2 N–H and O–H groups in total. The van der Waals surface area contributed by atoms with Crippen molar-refractivity contribution in [1.29, 1.82) is 0 Å². The van der Waals surface area contributed by atoms with E-state index in [0.717, 1.165) is 5.56 Å². The maximum absolute atomic E-state index is 12.2. The Morgan fingerprint density at radius 3 is 2.95 bits per heavy atom. The van der Waals surface area contributed by atoms with Gasteiger partial charge in [-0.05, 0) is 31.0 Å². The van der Waals surface area contributed by atoms with Crippen molar-refractivity contribution >= 4 is 17.6 Å². The van der Waals surface area contributed by atoms with E-state index in [-0.39, 0.29) is 24.0 Å². The quantitative estimate of drug-likeness (QED) is 0.504. The van der Waals surface area contributed by atoms with Gasteiger partial charge in [-0.25, -0.2) is 9.59 Å². The van der Waals surface area contributed by atoms with Crippen LogP contribution in [-0.2, 0) is 14.6 Å². The Kier molecular flexibility index (Phi) is 3.85. The zero-order valence-corrected chi connectivity index (χ0v) is 12.1. The number of carboxylic acid groups (broad SMARTS) is 1. The minimum atomic E-state index is -0.965. The summed E-state index contributed by atoms with van der Waals surface area (Å²) in [4.78, 5) is 33.2. The molecule has 2 aliphatic rings. The summed E-state index contributed by atoms with van der Waals surface area (Å²) in [6.45, 7) is 2.01. The Morgan fingerprint density at radius 2 is 2.23 bits per heavy atom. The summed E-state index contributed by atoms with van der Waals surface area (Å²) in [5, 5.41) is 12.5. The van der Waals surface area contributed by atoms with Crippen molar-refractivity contribution in [2.45, 2.75) is 25.3 Å². The molecule has 0 saturated heterocycles. The van der Waals surface area contributed by atoms with Crippen LogP contribution in [0.4, 0.5) is 5.69 Å². The molecule has 1 aromatic carbocycles. The molecule has 1 aliphatic heterocycles. The van der Waals surface area contributed by atoms with Crippen LogP contribution in [0.2, 0.25) is 0 Å². The molecular weight excluding hydrogens is 286 g/mol. The molecule has 0 fully saturated rings. The largest absolute Gasteiger partial charge is 0.478 e. The highest BCUT2D eigenvalue weighted by Crippen LogP contribution is 2.46. The first-order valence-electron chi connectivity index (χ1n) is 7.26. The van der Waals surface area contributed by atoms with Crippen molar-refractivity contribution in [3.63, 3.8) is 0 Å². The molecule has 22 heavy (non-hydrogen) atoms. The monoisotopic (exact) mass is 303 g/mol. The van der Waals surface area contributed by atoms with E-state index in [1.165, 1.54) is 0 Å². The van der Waals surface area contributed by atoms with Gasteiger partial charge in [-0.1, -0.05) is 18.2 Å². The normalized spacial score (nSPS) is 25.0. The van der Waals surface area contributed by atoms with E-state index < -0.39 is 18.0 Å². The number of hydrogen-bond donors (Lipinski definition) is 2. The molecule has 6 heteroatoms. The molecule has 3 atom stereocenters. The van der Waals surface area contributed by atoms with Crippen LogP contribution in [0.1, 0.15) is 35.2 Å². The van der Waals surface area contributed by atoms with E-state index in [1.54, 1.807) is 25.1 Å². The fourth-order valence-electron chi connectivity index (χ4n) is 3.24. The third-order valence-electron chi connectivity index (χ3n) is 4.13. The lowest BCUT2D eigenvalue weighted by Gasteiger charge is -2.35. The third kappa shape index (κ3) is 2.35. The summed E-state index contributed by atoms with van der Waals surface area (Å²) in [7, 11) is 0. The summed E-state index contributed by atoms with van der Waals surface area (Å²) in [5.74, 6) is -1.62. The summed E-state index contributed by atoms with van der Waals surface area (Å²) < 4.78 is 0. The van der Waals surface area contributed by atoms with Gasteiger partial charge in [0.1, 0.15) is 6.04 Å². The van der Waals surface area contributed by atoms with Crippen molar-refractivity contribution in [3.8, 4) is 0 Å². The van der Waals surface area contributed by atoms with Crippen molar-refractivity contribution in [2.75, 3.05) is 11.9 Å². The number of fused-ring (bicyclic) bond motifs is 3. The predicted molar refractivity (Wildman–Crippen MR) is 78.5 cm³/mol. The molecule has 1 aromatic rings. The van der Waals surface area contributed by atoms with E-state index in [4.69, 9.17) is 9.78 Å². The molecular formula is C16H17NO5. The van der Waals surface area contributed by atoms with Gasteiger partial charge in [-0.15, -0.1) is 0 Å². The van der Waals surface area contributed by atoms with Crippen LogP contribution in [0, 0.1) is 5.92 Å². The number of hydrogen-bond acceptors (Lipinski definition) is 5. The molecule has 0 bridgehead atoms. The van der Waals surface area contributed by atoms with Crippen LogP contribution in [0.3, 0.4) is 0 Å². The summed E-state index contributed by atoms with van der Waals surface area (Å²) >= 11 is 0. The second-order valence-electron chi connectivity index (χ2n) is 5.36. The predicted octanol–water partition coefficient (Wildman–Crippen LogP) is 2.33. The first kappa shape index (κ1) is 14.6. The second-order valence-corrected chi connectivity index (χ2v) is 5.36. The van der Waals surface area contributed by atoms with Crippen LogP contribution in [-0.4, -0.2) is 29.7 Å². The summed E-state index contributed by atoms with van der Waals surface area (Å²) in [6, 6.07) is 4.48. The number of carboxylic acids is 1. The number of allylic oxidation sites excluding steroid dienone is 2. The highest BCUT2D eigenvalue weighted by molar-refractivity contribution is 5.93. The van der Waals surface area contributed by atoms with Gasteiger partial charge < -0.3 is 10.4 Å². The van der Waals surface area contributed by atoms with E-state index in [2.05, 4.69) is 5.32 Å². The van der Waals surface area contributed by atoms with Crippen LogP contribution < -0.4 is 5.32 Å². The van der Waals surface area contributed by atoms with Crippen LogP contribution in [0.25, 0.3) is 0 Å². The third-order valence-corrected chi connectivity index (χ3v) is 4.13. The first-order chi connectivity index (χ1) is 10.6. The molecule has 116 valence electrons. The second kappa shape index (κ2) is 5.81. The van der Waals surface area contributed by atoms with E-state index in [9.17, 15) is 14.7 Å². The highest BCUT2D eigenvalue weighted by atomic mass is 17.2. The number of carbonyl (C=O) groups is 2. The number of carbonyl (C=O) groups excluding carboxylic acids is 1. The molecule has 1 aliphatic carbocycles. The van der Waals surface area contributed by atoms with E-state index in [1.807, 2.05) is 12.2 Å². The highest BCUT2D eigenvalue weighted by Gasteiger charge is 2.43. The maximum Gasteiger partial charge on any atom is 0.364 e. The van der Waals surface area contributed by atoms with Gasteiger partial charge in [-0.3, -0.25) is 4.89 Å². The fourth-order valence-corrected chi connectivity index (χ4v) is 3.24. The van der Waals surface area contributed by atoms with Crippen molar-refractivity contribution in [1.82, 2.24) is 0 Å². The Balaban J connectivity index is 1.98. The van der Waals surface area contributed by atoms with Gasteiger partial charge >= 0.3 is 11.9 Å². The SMILES string of the molecule is CCOOC(=O)C1Nc2cccc(C(=O)O)c2C2C=CCC12. The molecule has 0 aromatic heterocycles. The Hall–Kier alpha value is -2.34. The molecule has 3 rings (SSSR count). The number of nitrogens with one attached hydrogen (secondary N) is 1. The van der Waals surface area contributed by atoms with Crippen LogP contribution in [0.5, 0.6) is 0 Å². The number of benzene rings is 1. The number of anilines is 1. The minimum Gasteiger partial charge on any atom is -0.478 e. The lowest BCUT2D eigenvalue weighted by molar-refractivity contribution is -0.271. The van der Waals surface area contributed by atoms with Crippen molar-refractivity contribution < 1.29 is 24.5 Å². The van der Waals surface area contributed by atoms with Gasteiger partial charge in [0.15, 0.2) is 0 Å². The topological polar surface area (TPSA) is 84.9 Å². The van der Waals surface area contributed by atoms with Crippen LogP contribution >= 0.6 is 0 Å². The number of rotatable bonds is 4. The average Bonchev–Trinajstić information content (AvgIpc) is 3.00. The summed E-state index contributed by atoms with van der Waals surface area (Å²) in [5.41, 5.74) is 1.66. The minimum absolute atomic E-state index is 0.0686. The molecule has 0 radical (unpaired) electrons.